The van der Waals surface area contributed by atoms with Gasteiger partial charge in [0.2, 0.25) is 0 Å². The average molecular weight is 709 g/mol. The first-order valence-corrected chi connectivity index (χ1v) is 18.1. The van der Waals surface area contributed by atoms with Crippen LogP contribution >= 0.6 is 26.2 Å². The number of pyridine rings is 2. The van der Waals surface area contributed by atoms with Crippen molar-refractivity contribution < 1.29 is 46.4 Å². The summed E-state index contributed by atoms with van der Waals surface area (Å²) in [4.78, 5) is 33.9. The average Bonchev–Trinajstić information content (AvgIpc) is 3.73. The fourth-order valence-electron chi connectivity index (χ4n) is 5.36. The minimum atomic E-state index is -4.37. The highest BCUT2D eigenvalue weighted by Crippen LogP contribution is 2.51. The van der Waals surface area contributed by atoms with Crippen molar-refractivity contribution in [3.05, 3.63) is 47.3 Å². The van der Waals surface area contributed by atoms with Gasteiger partial charge >= 0.3 is 13.9 Å². The molecule has 2 aliphatic rings. The van der Waals surface area contributed by atoms with Crippen molar-refractivity contribution >= 4 is 71.6 Å². The second kappa shape index (κ2) is 12.5. The van der Waals surface area contributed by atoms with Gasteiger partial charge in [0.05, 0.1) is 25.1 Å². The van der Waals surface area contributed by atoms with Gasteiger partial charge in [0.25, 0.3) is 5.56 Å². The Morgan fingerprint density at radius 3 is 2.64 bits per heavy atom. The van der Waals surface area contributed by atoms with Crippen LogP contribution in [0.15, 0.2) is 41.7 Å². The molecule has 4 aromatic heterocycles. The summed E-state index contributed by atoms with van der Waals surface area (Å²) in [7, 11) is -2.61. The van der Waals surface area contributed by atoms with Gasteiger partial charge in [-0.25, -0.2) is 18.7 Å². The molecular formula is C23H26F2N7O9P2S2+. The van der Waals surface area contributed by atoms with E-state index in [1.807, 2.05) is 0 Å². The first-order chi connectivity index (χ1) is 21.4. The normalized spacial score (nSPS) is 30.3. The number of aliphatic hydroxyl groups is 1. The fourth-order valence-corrected chi connectivity index (χ4v) is 7.55. The number of aliphatic hydroxyl groups excluding tert-OH is 1. The monoisotopic (exact) mass is 708 g/mol. The lowest BCUT2D eigenvalue weighted by Gasteiger charge is -2.26. The first-order valence-electron chi connectivity index (χ1n) is 13.1. The molecule has 0 spiro atoms. The SMILES string of the molecule is Nc1cc2c(ncn2[C@@H]2O[C@H](CO)[C@@H](F)[C@H]2OP(O)(=S)OC[C@H]2O[C@@H](n3ccc4c(N)ccnc43)[C@@H](F)[C@@H]2O[P+](=O)S)c(=O)[nH]1. The van der Waals surface area contributed by atoms with E-state index in [4.69, 9.17) is 46.3 Å². The molecule has 0 radical (unpaired) electrons. The van der Waals surface area contributed by atoms with Crippen LogP contribution in [0.2, 0.25) is 0 Å². The van der Waals surface area contributed by atoms with Crippen LogP contribution in [-0.2, 0) is 39.4 Å². The Hall–Kier alpha value is -2.61. The van der Waals surface area contributed by atoms with E-state index in [0.717, 1.165) is 0 Å². The number of nitrogens with two attached hydrogens (primary N) is 2. The van der Waals surface area contributed by atoms with E-state index in [-0.39, 0.29) is 16.9 Å². The molecule has 0 bridgehead atoms. The Morgan fingerprint density at radius 2 is 1.91 bits per heavy atom. The summed E-state index contributed by atoms with van der Waals surface area (Å²) in [5, 5.41) is 10.2. The fraction of sp³-hybridized carbons (Fsp3) is 0.435. The lowest BCUT2D eigenvalue weighted by atomic mass is 10.1. The molecule has 16 nitrogen and oxygen atoms in total. The van der Waals surface area contributed by atoms with Crippen molar-refractivity contribution in [1.29, 1.82) is 0 Å². The van der Waals surface area contributed by atoms with E-state index >= 15 is 8.78 Å². The largest absolute Gasteiger partial charge is 0.582 e. The van der Waals surface area contributed by atoms with Crippen molar-refractivity contribution in [3.8, 4) is 0 Å². The van der Waals surface area contributed by atoms with Gasteiger partial charge in [-0.3, -0.25) is 9.32 Å². The van der Waals surface area contributed by atoms with Crippen molar-refractivity contribution in [2.45, 2.75) is 49.2 Å². The molecule has 45 heavy (non-hydrogen) atoms. The summed E-state index contributed by atoms with van der Waals surface area (Å²) in [5.74, 6) is -0.0104. The van der Waals surface area contributed by atoms with Crippen LogP contribution in [0.3, 0.4) is 0 Å². The number of anilines is 2. The van der Waals surface area contributed by atoms with Gasteiger partial charge in [-0.2, -0.15) is 0 Å². The maximum Gasteiger partial charge on any atom is 0.582 e. The van der Waals surface area contributed by atoms with E-state index in [1.54, 1.807) is 12.1 Å². The summed E-state index contributed by atoms with van der Waals surface area (Å²) in [6.07, 6.45) is -8.41. The molecule has 0 aromatic carbocycles. The van der Waals surface area contributed by atoms with Crippen LogP contribution in [0.4, 0.5) is 20.3 Å². The second-order valence-electron chi connectivity index (χ2n) is 10.1. The summed E-state index contributed by atoms with van der Waals surface area (Å²) in [5.41, 5.74) is 12.0. The van der Waals surface area contributed by atoms with Gasteiger partial charge < -0.3 is 49.6 Å². The zero-order valence-corrected chi connectivity index (χ0v) is 26.2. The topological polar surface area (TPSA) is 224 Å². The molecule has 0 aliphatic carbocycles. The molecule has 0 amide bonds. The van der Waals surface area contributed by atoms with E-state index in [9.17, 15) is 19.4 Å². The van der Waals surface area contributed by atoms with Crippen LogP contribution in [0.5, 0.6) is 0 Å². The molecule has 2 unspecified atom stereocenters. The van der Waals surface area contributed by atoms with E-state index in [0.29, 0.717) is 16.7 Å². The Balaban J connectivity index is 1.22. The standard InChI is InChI=1S/C23H25F2N7O9P2S2/c24-15-12(6-33)38-23(32-8-29-17-11(32)5-14(27)30-21(17)34)19(15)41-43(36,45)37-7-13-18(40-42(35)44)16(25)22(39-13)31-4-2-9-10(26)1-3-28-20(9)31/h1-5,8,12-13,15-16,18-19,22-23,33H,6-7H2,(H6-,26,27,28,30,34,35,36,44,45)/p+1/t12-,13-,15-,16+,18-,19-,22-,23-,43?/m1/s1. The second-order valence-corrected chi connectivity index (χ2v) is 14.6. The van der Waals surface area contributed by atoms with Crippen LogP contribution in [0, 0.1) is 0 Å². The third kappa shape index (κ3) is 6.13. The predicted molar refractivity (Wildman–Crippen MR) is 162 cm³/mol. The number of rotatable bonds is 10. The van der Waals surface area contributed by atoms with Gasteiger partial charge in [-0.15, -0.1) is 4.52 Å². The minimum absolute atomic E-state index is 0.0104. The summed E-state index contributed by atoms with van der Waals surface area (Å²) >= 11 is 8.88. The highest BCUT2D eigenvalue weighted by molar-refractivity contribution is 8.39. The summed E-state index contributed by atoms with van der Waals surface area (Å²) in [6.45, 7) is -5.77. The van der Waals surface area contributed by atoms with Crippen LogP contribution in [0.1, 0.15) is 12.5 Å². The maximum atomic E-state index is 15.7. The minimum Gasteiger partial charge on any atom is -0.398 e. The molecule has 22 heteroatoms. The number of aromatic nitrogens is 5. The van der Waals surface area contributed by atoms with Crippen LogP contribution in [0.25, 0.3) is 22.1 Å². The highest BCUT2D eigenvalue weighted by Gasteiger charge is 2.53. The van der Waals surface area contributed by atoms with E-state index in [1.165, 1.54) is 33.9 Å². The van der Waals surface area contributed by atoms with Gasteiger partial charge in [-0.05, 0) is 28.5 Å². The molecule has 0 saturated carbocycles. The van der Waals surface area contributed by atoms with Crippen molar-refractivity contribution in [2.75, 3.05) is 24.7 Å². The number of hydrogen-bond acceptors (Lipinski definition) is 13. The Bertz CT molecular complexity index is 1860. The smallest absolute Gasteiger partial charge is 0.398 e. The number of imidazole rings is 1. The zero-order valence-electron chi connectivity index (χ0n) is 22.7. The Morgan fingerprint density at radius 1 is 1.16 bits per heavy atom. The number of ether oxygens (including phenoxy) is 2. The number of alkyl halides is 2. The zero-order chi connectivity index (χ0) is 32.2. The third-order valence-corrected chi connectivity index (χ3v) is 9.64. The number of aromatic amines is 1. The van der Waals surface area contributed by atoms with E-state index < -0.39 is 81.9 Å². The number of thiol groups is 1. The molecule has 242 valence electrons. The lowest BCUT2D eigenvalue weighted by molar-refractivity contribution is -0.0537. The van der Waals surface area contributed by atoms with Crippen molar-refractivity contribution in [3.63, 3.8) is 0 Å². The number of nitrogens with one attached hydrogen (secondary N) is 1. The predicted octanol–water partition coefficient (Wildman–Crippen LogP) is 1.99. The summed E-state index contributed by atoms with van der Waals surface area (Å²) < 4.78 is 73.4. The first kappa shape index (κ1) is 32.3. The summed E-state index contributed by atoms with van der Waals surface area (Å²) in [6, 6.07) is 4.56. The molecule has 2 aliphatic heterocycles. The number of fused-ring (bicyclic) bond motifs is 2. The number of hydrogen-bond donors (Lipinski definition) is 6. The van der Waals surface area contributed by atoms with Gasteiger partial charge in [0.15, 0.2) is 36.4 Å². The number of nitrogen functional groups attached to an aromatic ring is 2. The van der Waals surface area contributed by atoms with Crippen LogP contribution < -0.4 is 17.0 Å². The highest BCUT2D eigenvalue weighted by atomic mass is 32.7. The van der Waals surface area contributed by atoms with Crippen molar-refractivity contribution in [2.24, 2.45) is 0 Å². The number of halogens is 2. The maximum absolute atomic E-state index is 15.7. The number of H-pyrrole nitrogens is 1. The molecule has 2 fully saturated rings. The Labute approximate surface area is 262 Å². The molecule has 2 saturated heterocycles. The van der Waals surface area contributed by atoms with Crippen molar-refractivity contribution in [1.82, 2.24) is 24.1 Å². The molecule has 10 atom stereocenters. The quantitative estimate of drug-likeness (QED) is 0.102. The third-order valence-electron chi connectivity index (χ3n) is 7.37. The molecular weight excluding hydrogens is 682 g/mol. The molecule has 4 aromatic rings. The van der Waals surface area contributed by atoms with E-state index in [2.05, 4.69) is 27.2 Å². The van der Waals surface area contributed by atoms with Gasteiger partial charge in [0, 0.05) is 29.5 Å². The molecule has 7 N–H and O–H groups in total. The van der Waals surface area contributed by atoms with Gasteiger partial charge in [-0.1, -0.05) is 0 Å². The van der Waals surface area contributed by atoms with Crippen LogP contribution in [-0.4, -0.2) is 84.1 Å². The molecule has 6 rings (SSSR count). The number of nitrogens with zero attached hydrogens (tertiary/aromatic N) is 4. The Kier molecular flexibility index (Phi) is 9.01. The van der Waals surface area contributed by atoms with Gasteiger partial charge in [0.1, 0.15) is 42.0 Å². The molecule has 6 heterocycles. The lowest BCUT2D eigenvalue weighted by Crippen LogP contribution is -2.34.